The molecule has 1 N–H and O–H groups in total. The number of esters is 1. The van der Waals surface area contributed by atoms with E-state index in [0.717, 1.165) is 23.4 Å². The molecule has 21 heavy (non-hydrogen) atoms. The van der Waals surface area contributed by atoms with E-state index in [-0.39, 0.29) is 10.1 Å². The second-order valence-corrected chi connectivity index (χ2v) is 5.26. The monoisotopic (exact) mass is 323 g/mol. The zero-order chi connectivity index (χ0) is 15.2. The molecule has 1 aromatic rings. The summed E-state index contributed by atoms with van der Waals surface area (Å²) in [6, 6.07) is 7.09. The Kier molecular flexibility index (Phi) is 5.13. The average molecular weight is 324 g/mol. The van der Waals surface area contributed by atoms with Crippen molar-refractivity contribution in [3.8, 4) is 0 Å². The molecule has 0 unspecified atom stereocenters. The number of hydrogen-bond donors (Lipinski definition) is 1. The predicted molar refractivity (Wildman–Crippen MR) is 82.3 cm³/mol. The van der Waals surface area contributed by atoms with Gasteiger partial charge in [0.25, 0.3) is 5.91 Å². The molecule has 1 aromatic carbocycles. The van der Waals surface area contributed by atoms with Crippen LogP contribution in [0, 0.1) is 0 Å². The molecule has 1 heterocycles. The number of halogens is 1. The van der Waals surface area contributed by atoms with Crippen LogP contribution in [0.25, 0.3) is 0 Å². The first-order valence-electron chi connectivity index (χ1n) is 5.74. The maximum Gasteiger partial charge on any atom is 0.331 e. The zero-order valence-corrected chi connectivity index (χ0v) is 12.4. The highest BCUT2D eigenvalue weighted by atomic mass is 35.5. The molecule has 0 saturated carbocycles. The van der Waals surface area contributed by atoms with Crippen molar-refractivity contribution in [3.05, 3.63) is 45.8 Å². The van der Waals surface area contributed by atoms with Crippen molar-refractivity contribution >= 4 is 46.6 Å². The third kappa shape index (κ3) is 4.44. The van der Waals surface area contributed by atoms with Crippen molar-refractivity contribution in [3.63, 3.8) is 0 Å². The molecule has 0 bridgehead atoms. The van der Waals surface area contributed by atoms with E-state index in [1.54, 1.807) is 18.2 Å². The van der Waals surface area contributed by atoms with Crippen LogP contribution in [-0.2, 0) is 14.3 Å². The van der Waals surface area contributed by atoms with Gasteiger partial charge in [0.1, 0.15) is 0 Å². The van der Waals surface area contributed by atoms with Gasteiger partial charge in [0.2, 0.25) is 0 Å². The normalized spacial score (nSPS) is 18.5. The molecule has 1 fully saturated rings. The van der Waals surface area contributed by atoms with Crippen LogP contribution in [-0.4, -0.2) is 30.4 Å². The molecular formula is C13H10ClN3O3S. The molecule has 6 nitrogen and oxygen atoms in total. The van der Waals surface area contributed by atoms with Gasteiger partial charge in [-0.25, -0.2) is 4.79 Å². The second kappa shape index (κ2) is 7.05. The standard InChI is InChI=1S/C13H10ClN3O3S/c1-20-11(18)6-10-12(19)16-13(21-10)17-15-7-8-3-2-4-9(14)5-8/h2-7H,1H3,(H,16,17,19)/b10-6+,15-7?. The van der Waals surface area contributed by atoms with Crippen molar-refractivity contribution in [2.45, 2.75) is 0 Å². The second-order valence-electron chi connectivity index (χ2n) is 3.79. The molecule has 1 saturated heterocycles. The van der Waals surface area contributed by atoms with Gasteiger partial charge < -0.3 is 4.74 Å². The van der Waals surface area contributed by atoms with Gasteiger partial charge in [0.15, 0.2) is 5.17 Å². The number of amidine groups is 1. The van der Waals surface area contributed by atoms with Gasteiger partial charge in [-0.2, -0.15) is 5.10 Å². The van der Waals surface area contributed by atoms with E-state index in [1.807, 2.05) is 6.07 Å². The lowest BCUT2D eigenvalue weighted by molar-refractivity contribution is -0.135. The van der Waals surface area contributed by atoms with Gasteiger partial charge in [-0.05, 0) is 29.5 Å². The van der Waals surface area contributed by atoms with Crippen LogP contribution in [0.5, 0.6) is 0 Å². The predicted octanol–water partition coefficient (Wildman–Crippen LogP) is 1.95. The summed E-state index contributed by atoms with van der Waals surface area (Å²) in [7, 11) is 1.24. The van der Waals surface area contributed by atoms with Crippen molar-refractivity contribution in [2.75, 3.05) is 7.11 Å². The number of nitrogens with one attached hydrogen (secondary N) is 1. The van der Waals surface area contributed by atoms with E-state index in [1.165, 1.54) is 13.3 Å². The van der Waals surface area contributed by atoms with Crippen molar-refractivity contribution in [1.29, 1.82) is 0 Å². The largest absolute Gasteiger partial charge is 0.466 e. The minimum absolute atomic E-state index is 0.207. The van der Waals surface area contributed by atoms with E-state index in [4.69, 9.17) is 11.6 Å². The highest BCUT2D eigenvalue weighted by molar-refractivity contribution is 8.18. The number of nitrogens with zero attached hydrogens (tertiary/aromatic N) is 2. The third-order valence-electron chi connectivity index (χ3n) is 2.31. The zero-order valence-electron chi connectivity index (χ0n) is 10.9. The maximum absolute atomic E-state index is 11.6. The van der Waals surface area contributed by atoms with E-state index in [0.29, 0.717) is 5.02 Å². The van der Waals surface area contributed by atoms with E-state index < -0.39 is 11.9 Å². The van der Waals surface area contributed by atoms with Crippen LogP contribution in [0.3, 0.4) is 0 Å². The van der Waals surface area contributed by atoms with Crippen molar-refractivity contribution in [2.24, 2.45) is 10.2 Å². The number of hydrogen-bond acceptors (Lipinski definition) is 6. The molecule has 0 radical (unpaired) electrons. The topological polar surface area (TPSA) is 80.1 Å². The lowest BCUT2D eigenvalue weighted by Gasteiger charge is -1.92. The lowest BCUT2D eigenvalue weighted by atomic mass is 10.2. The van der Waals surface area contributed by atoms with Crippen LogP contribution in [0.1, 0.15) is 5.56 Å². The number of ether oxygens (including phenoxy) is 1. The van der Waals surface area contributed by atoms with Crippen LogP contribution in [0.15, 0.2) is 45.4 Å². The van der Waals surface area contributed by atoms with Crippen molar-refractivity contribution < 1.29 is 14.3 Å². The Morgan fingerprint density at radius 1 is 1.48 bits per heavy atom. The SMILES string of the molecule is COC(=O)/C=C1/S/C(=N\N=Cc2cccc(Cl)c2)NC1=O. The first-order chi connectivity index (χ1) is 10.1. The fourth-order valence-electron chi connectivity index (χ4n) is 1.38. The summed E-state index contributed by atoms with van der Waals surface area (Å²) < 4.78 is 4.46. The quantitative estimate of drug-likeness (QED) is 0.399. The number of carbonyl (C=O) groups is 2. The van der Waals surface area contributed by atoms with E-state index in [9.17, 15) is 9.59 Å². The van der Waals surface area contributed by atoms with Crippen LogP contribution < -0.4 is 5.32 Å². The summed E-state index contributed by atoms with van der Waals surface area (Å²) in [5.41, 5.74) is 0.784. The average Bonchev–Trinajstić information content (AvgIpc) is 2.79. The van der Waals surface area contributed by atoms with Gasteiger partial charge in [-0.3, -0.25) is 10.1 Å². The smallest absolute Gasteiger partial charge is 0.331 e. The summed E-state index contributed by atoms with van der Waals surface area (Å²) in [5, 5.41) is 11.1. The number of rotatable bonds is 3. The number of methoxy groups -OCH3 is 1. The molecule has 108 valence electrons. The summed E-state index contributed by atoms with van der Waals surface area (Å²) >= 11 is 6.85. The molecule has 0 aromatic heterocycles. The Hall–Kier alpha value is -2.12. The number of carbonyl (C=O) groups excluding carboxylic acids is 2. The number of thioether (sulfide) groups is 1. The molecular weight excluding hydrogens is 314 g/mol. The highest BCUT2D eigenvalue weighted by Gasteiger charge is 2.24. The van der Waals surface area contributed by atoms with Gasteiger partial charge in [0, 0.05) is 11.1 Å². The molecule has 1 aliphatic heterocycles. The number of amides is 1. The highest BCUT2D eigenvalue weighted by Crippen LogP contribution is 2.23. The third-order valence-corrected chi connectivity index (χ3v) is 3.44. The van der Waals surface area contributed by atoms with Crippen LogP contribution in [0.4, 0.5) is 0 Å². The summed E-state index contributed by atoms with van der Waals surface area (Å²) in [4.78, 5) is 22.8. The molecule has 0 aliphatic carbocycles. The Balaban J connectivity index is 2.05. The molecule has 8 heteroatoms. The van der Waals surface area contributed by atoms with Gasteiger partial charge in [-0.15, -0.1) is 5.10 Å². The Morgan fingerprint density at radius 2 is 2.29 bits per heavy atom. The first kappa shape index (κ1) is 15.3. The molecule has 2 rings (SSSR count). The van der Waals surface area contributed by atoms with Gasteiger partial charge >= 0.3 is 5.97 Å². The molecule has 0 atom stereocenters. The Bertz CT molecular complexity index is 670. The molecule has 1 amide bonds. The molecule has 0 spiro atoms. The first-order valence-corrected chi connectivity index (χ1v) is 6.93. The summed E-state index contributed by atoms with van der Waals surface area (Å²) in [6.45, 7) is 0. The van der Waals surface area contributed by atoms with Gasteiger partial charge in [0.05, 0.1) is 18.2 Å². The summed E-state index contributed by atoms with van der Waals surface area (Å²) in [6.07, 6.45) is 2.61. The number of benzene rings is 1. The van der Waals surface area contributed by atoms with Crippen molar-refractivity contribution in [1.82, 2.24) is 5.32 Å². The van der Waals surface area contributed by atoms with Crippen LogP contribution >= 0.6 is 23.4 Å². The fraction of sp³-hybridized carbons (Fsp3) is 0.0769. The van der Waals surface area contributed by atoms with E-state index in [2.05, 4.69) is 20.3 Å². The Morgan fingerprint density at radius 3 is 3.00 bits per heavy atom. The minimum atomic E-state index is -0.601. The fourth-order valence-corrected chi connectivity index (χ4v) is 2.31. The molecule has 1 aliphatic rings. The lowest BCUT2D eigenvalue weighted by Crippen LogP contribution is -2.19. The Labute approximate surface area is 129 Å². The van der Waals surface area contributed by atoms with E-state index >= 15 is 0 Å². The van der Waals surface area contributed by atoms with Crippen LogP contribution in [0.2, 0.25) is 5.02 Å². The maximum atomic E-state index is 11.6. The van der Waals surface area contributed by atoms with Gasteiger partial charge in [-0.1, -0.05) is 23.7 Å². The minimum Gasteiger partial charge on any atom is -0.466 e. The summed E-state index contributed by atoms with van der Waals surface area (Å²) in [5.74, 6) is -1.02.